The Morgan fingerprint density at radius 1 is 1.50 bits per heavy atom. The molecule has 0 fully saturated rings. The maximum Gasteiger partial charge on any atom is 0.335 e. The van der Waals surface area contributed by atoms with E-state index in [0.29, 0.717) is 12.2 Å². The first-order valence-corrected chi connectivity index (χ1v) is 4.45. The maximum absolute atomic E-state index is 10.6. The lowest BCUT2D eigenvalue weighted by Crippen LogP contribution is -2.02. The highest BCUT2D eigenvalue weighted by molar-refractivity contribution is 5.89. The smallest absolute Gasteiger partial charge is 0.335 e. The van der Waals surface area contributed by atoms with E-state index >= 15 is 0 Å². The van der Waals surface area contributed by atoms with Crippen LogP contribution < -0.4 is 5.32 Å². The number of hydrogen-bond donors (Lipinski definition) is 3. The van der Waals surface area contributed by atoms with E-state index in [-0.39, 0.29) is 11.3 Å². The fraction of sp³-hybridized carbons (Fsp3) is 0.300. The van der Waals surface area contributed by atoms with Crippen LogP contribution in [-0.2, 0) is 0 Å². The van der Waals surface area contributed by atoms with Gasteiger partial charge in [0.1, 0.15) is 5.75 Å². The van der Waals surface area contributed by atoms with Gasteiger partial charge in [-0.05, 0) is 24.6 Å². The van der Waals surface area contributed by atoms with Crippen molar-refractivity contribution in [2.45, 2.75) is 13.3 Å². The lowest BCUT2D eigenvalue weighted by molar-refractivity contribution is 0.0697. The first kappa shape index (κ1) is 10.4. The number of hydrogen-bond acceptors (Lipinski definition) is 3. The lowest BCUT2D eigenvalue weighted by Gasteiger charge is -2.07. The van der Waals surface area contributed by atoms with Gasteiger partial charge in [0.25, 0.3) is 0 Å². The second kappa shape index (κ2) is 4.50. The molecule has 0 aliphatic rings. The Bertz CT molecular complexity index is 336. The van der Waals surface area contributed by atoms with Crippen molar-refractivity contribution in [1.29, 1.82) is 0 Å². The number of nitrogens with one attached hydrogen (secondary N) is 1. The molecular formula is C10H13NO3. The second-order valence-corrected chi connectivity index (χ2v) is 2.96. The summed E-state index contributed by atoms with van der Waals surface area (Å²) >= 11 is 0. The fourth-order valence-electron chi connectivity index (χ4n) is 1.07. The molecule has 0 aliphatic heterocycles. The molecule has 0 atom stereocenters. The third-order valence-corrected chi connectivity index (χ3v) is 1.81. The highest BCUT2D eigenvalue weighted by atomic mass is 16.4. The third-order valence-electron chi connectivity index (χ3n) is 1.81. The first-order valence-electron chi connectivity index (χ1n) is 4.45. The molecule has 0 heterocycles. The van der Waals surface area contributed by atoms with E-state index in [0.717, 1.165) is 6.42 Å². The van der Waals surface area contributed by atoms with Gasteiger partial charge in [0.15, 0.2) is 0 Å². The van der Waals surface area contributed by atoms with Crippen LogP contribution >= 0.6 is 0 Å². The van der Waals surface area contributed by atoms with Gasteiger partial charge in [-0.1, -0.05) is 6.92 Å². The normalized spacial score (nSPS) is 9.79. The number of aromatic hydroxyl groups is 1. The van der Waals surface area contributed by atoms with Crippen LogP contribution in [0.4, 0.5) is 5.69 Å². The summed E-state index contributed by atoms with van der Waals surface area (Å²) in [4.78, 5) is 10.6. The topological polar surface area (TPSA) is 69.6 Å². The Balaban J connectivity index is 2.90. The number of aromatic carboxylic acids is 1. The van der Waals surface area contributed by atoms with Crippen LogP contribution in [0.15, 0.2) is 18.2 Å². The summed E-state index contributed by atoms with van der Waals surface area (Å²) in [5.74, 6) is -0.923. The van der Waals surface area contributed by atoms with Gasteiger partial charge in [-0.3, -0.25) is 0 Å². The Kier molecular flexibility index (Phi) is 3.34. The minimum atomic E-state index is -0.996. The van der Waals surface area contributed by atoms with Gasteiger partial charge in [-0.15, -0.1) is 0 Å². The van der Waals surface area contributed by atoms with E-state index in [1.54, 1.807) is 0 Å². The number of rotatable bonds is 4. The van der Waals surface area contributed by atoms with E-state index in [2.05, 4.69) is 5.32 Å². The quantitative estimate of drug-likeness (QED) is 0.642. The predicted molar refractivity (Wildman–Crippen MR) is 53.8 cm³/mol. The molecule has 4 nitrogen and oxygen atoms in total. The van der Waals surface area contributed by atoms with Crippen molar-refractivity contribution in [3.8, 4) is 5.75 Å². The molecule has 0 saturated carbocycles. The molecule has 0 radical (unpaired) electrons. The number of carbonyl (C=O) groups is 1. The zero-order valence-electron chi connectivity index (χ0n) is 7.95. The van der Waals surface area contributed by atoms with E-state index in [9.17, 15) is 9.90 Å². The average molecular weight is 195 g/mol. The summed E-state index contributed by atoms with van der Waals surface area (Å²) < 4.78 is 0. The zero-order chi connectivity index (χ0) is 10.6. The Morgan fingerprint density at radius 2 is 2.21 bits per heavy atom. The molecule has 0 aliphatic carbocycles. The van der Waals surface area contributed by atoms with Crippen LogP contribution in [0.2, 0.25) is 0 Å². The summed E-state index contributed by atoms with van der Waals surface area (Å²) in [5, 5.41) is 21.0. The van der Waals surface area contributed by atoms with Gasteiger partial charge >= 0.3 is 5.97 Å². The Hall–Kier alpha value is -1.71. The van der Waals surface area contributed by atoms with Crippen molar-refractivity contribution < 1.29 is 15.0 Å². The van der Waals surface area contributed by atoms with Gasteiger partial charge in [0.2, 0.25) is 0 Å². The van der Waals surface area contributed by atoms with Crippen molar-refractivity contribution in [1.82, 2.24) is 0 Å². The molecule has 0 unspecified atom stereocenters. The minimum Gasteiger partial charge on any atom is -0.506 e. The molecule has 1 aromatic rings. The number of anilines is 1. The largest absolute Gasteiger partial charge is 0.506 e. The standard InChI is InChI=1S/C10H13NO3/c1-2-5-11-8-6-7(10(13)14)3-4-9(8)12/h3-4,6,11-12H,2,5H2,1H3,(H,13,14). The summed E-state index contributed by atoms with van der Waals surface area (Å²) in [7, 11) is 0. The molecule has 1 rings (SSSR count). The van der Waals surface area contributed by atoms with Crippen LogP contribution in [0.5, 0.6) is 5.75 Å². The fourth-order valence-corrected chi connectivity index (χ4v) is 1.07. The van der Waals surface area contributed by atoms with Crippen molar-refractivity contribution >= 4 is 11.7 Å². The molecule has 0 amide bonds. The Morgan fingerprint density at radius 3 is 2.79 bits per heavy atom. The van der Waals surface area contributed by atoms with Gasteiger partial charge in [0.05, 0.1) is 11.3 Å². The van der Waals surface area contributed by atoms with Gasteiger partial charge in [-0.2, -0.15) is 0 Å². The Labute approximate surface area is 82.2 Å². The summed E-state index contributed by atoms with van der Waals surface area (Å²) in [5.41, 5.74) is 0.633. The van der Waals surface area contributed by atoms with Crippen LogP contribution in [-0.4, -0.2) is 22.7 Å². The molecule has 0 spiro atoms. The van der Waals surface area contributed by atoms with E-state index in [1.807, 2.05) is 6.92 Å². The second-order valence-electron chi connectivity index (χ2n) is 2.96. The summed E-state index contributed by atoms with van der Waals surface area (Å²) in [6, 6.07) is 4.17. The molecule has 0 saturated heterocycles. The van der Waals surface area contributed by atoms with Crippen molar-refractivity contribution in [2.24, 2.45) is 0 Å². The minimum absolute atomic E-state index is 0.0726. The van der Waals surface area contributed by atoms with Gasteiger partial charge < -0.3 is 15.5 Å². The van der Waals surface area contributed by atoms with E-state index in [1.165, 1.54) is 18.2 Å². The molecule has 14 heavy (non-hydrogen) atoms. The molecule has 3 N–H and O–H groups in total. The summed E-state index contributed by atoms with van der Waals surface area (Å²) in [6.45, 7) is 2.70. The number of benzene rings is 1. The van der Waals surface area contributed by atoms with Crippen LogP contribution in [0, 0.1) is 0 Å². The molecule has 0 bridgehead atoms. The number of carboxylic acids is 1. The highest BCUT2D eigenvalue weighted by Gasteiger charge is 2.06. The van der Waals surface area contributed by atoms with Crippen LogP contribution in [0.3, 0.4) is 0 Å². The summed E-state index contributed by atoms with van der Waals surface area (Å²) in [6.07, 6.45) is 0.913. The highest BCUT2D eigenvalue weighted by Crippen LogP contribution is 2.23. The molecule has 0 aromatic heterocycles. The predicted octanol–water partition coefficient (Wildman–Crippen LogP) is 1.91. The van der Waals surface area contributed by atoms with Crippen molar-refractivity contribution in [3.05, 3.63) is 23.8 Å². The average Bonchev–Trinajstić information content (AvgIpc) is 2.16. The molecule has 76 valence electrons. The molecular weight excluding hydrogens is 182 g/mol. The van der Waals surface area contributed by atoms with Crippen molar-refractivity contribution in [2.75, 3.05) is 11.9 Å². The van der Waals surface area contributed by atoms with Gasteiger partial charge in [0, 0.05) is 6.54 Å². The SMILES string of the molecule is CCCNc1cc(C(=O)O)ccc1O. The van der Waals surface area contributed by atoms with Crippen molar-refractivity contribution in [3.63, 3.8) is 0 Å². The molecule has 4 heteroatoms. The lowest BCUT2D eigenvalue weighted by atomic mass is 10.2. The zero-order valence-corrected chi connectivity index (χ0v) is 7.95. The van der Waals surface area contributed by atoms with E-state index < -0.39 is 5.97 Å². The number of carboxylic acid groups (broad SMARTS) is 1. The first-order chi connectivity index (χ1) is 6.65. The van der Waals surface area contributed by atoms with Gasteiger partial charge in [-0.25, -0.2) is 4.79 Å². The number of phenolic OH excluding ortho intramolecular Hbond substituents is 1. The number of phenols is 1. The van der Waals surface area contributed by atoms with Crippen LogP contribution in [0.1, 0.15) is 23.7 Å². The maximum atomic E-state index is 10.6. The van der Waals surface area contributed by atoms with Crippen LogP contribution in [0.25, 0.3) is 0 Å². The van der Waals surface area contributed by atoms with E-state index in [4.69, 9.17) is 5.11 Å². The third kappa shape index (κ3) is 2.39. The molecule has 1 aromatic carbocycles. The monoisotopic (exact) mass is 195 g/mol.